The van der Waals surface area contributed by atoms with Gasteiger partial charge in [-0.1, -0.05) is 13.2 Å². The zero-order chi connectivity index (χ0) is 14.6. The van der Waals surface area contributed by atoms with Gasteiger partial charge in [-0.25, -0.2) is 4.79 Å². The molecule has 1 heterocycles. The summed E-state index contributed by atoms with van der Waals surface area (Å²) in [6.07, 6.45) is 4.09. The van der Waals surface area contributed by atoms with Gasteiger partial charge in [-0.05, 0) is 40.1 Å². The van der Waals surface area contributed by atoms with E-state index in [4.69, 9.17) is 4.74 Å². The molecule has 0 aromatic rings. The number of carbonyl (C=O) groups excluding carboxylic acids is 2. The summed E-state index contributed by atoms with van der Waals surface area (Å²) in [6.45, 7) is 9.67. The number of carbonyl (C=O) groups is 2. The molecule has 1 rings (SSSR count). The van der Waals surface area contributed by atoms with E-state index < -0.39 is 11.7 Å². The van der Waals surface area contributed by atoms with Gasteiger partial charge in [0.2, 0.25) is 5.72 Å². The minimum Gasteiger partial charge on any atom is -0.431 e. The molecular formula is C14H22N2O3. The highest BCUT2D eigenvalue weighted by molar-refractivity contribution is 5.89. The highest BCUT2D eigenvalue weighted by atomic mass is 16.6. The van der Waals surface area contributed by atoms with Gasteiger partial charge in [0.05, 0.1) is 6.04 Å². The molecule has 1 saturated heterocycles. The average molecular weight is 266 g/mol. The average Bonchev–Trinajstić information content (AvgIpc) is 2.83. The van der Waals surface area contributed by atoms with E-state index >= 15 is 0 Å². The fourth-order valence-corrected chi connectivity index (χ4v) is 2.35. The Morgan fingerprint density at radius 3 is 2.58 bits per heavy atom. The van der Waals surface area contributed by atoms with Gasteiger partial charge in [0.25, 0.3) is 0 Å². The van der Waals surface area contributed by atoms with Crippen LogP contribution in [0.3, 0.4) is 0 Å². The molecule has 0 amide bonds. The summed E-state index contributed by atoms with van der Waals surface area (Å²) < 4.78 is 5.46. The zero-order valence-electron chi connectivity index (χ0n) is 11.9. The molecule has 19 heavy (non-hydrogen) atoms. The summed E-state index contributed by atoms with van der Waals surface area (Å²) in [5.74, 6) is -0.559. The largest absolute Gasteiger partial charge is 0.431 e. The first-order chi connectivity index (χ1) is 8.89. The maximum absolute atomic E-state index is 11.8. The second-order valence-corrected chi connectivity index (χ2v) is 5.01. The van der Waals surface area contributed by atoms with E-state index in [2.05, 4.69) is 13.2 Å². The van der Waals surface area contributed by atoms with Crippen LogP contribution in [0.5, 0.6) is 0 Å². The Labute approximate surface area is 114 Å². The van der Waals surface area contributed by atoms with Crippen molar-refractivity contribution < 1.29 is 14.3 Å². The first-order valence-electron chi connectivity index (χ1n) is 6.30. The molecule has 1 aliphatic heterocycles. The van der Waals surface area contributed by atoms with Crippen LogP contribution < -0.4 is 0 Å². The van der Waals surface area contributed by atoms with Crippen LogP contribution in [-0.4, -0.2) is 54.5 Å². The summed E-state index contributed by atoms with van der Waals surface area (Å²) in [7, 11) is 3.44. The second kappa shape index (κ2) is 6.02. The normalized spacial score (nSPS) is 21.9. The molecule has 1 aliphatic rings. The highest BCUT2D eigenvalue weighted by Crippen LogP contribution is 2.31. The lowest BCUT2D eigenvalue weighted by Crippen LogP contribution is -2.61. The minimum atomic E-state index is -1.30. The van der Waals surface area contributed by atoms with Gasteiger partial charge in [0.15, 0.2) is 6.29 Å². The van der Waals surface area contributed by atoms with Gasteiger partial charge in [-0.3, -0.25) is 9.69 Å². The van der Waals surface area contributed by atoms with Gasteiger partial charge in [0.1, 0.15) is 0 Å². The predicted molar refractivity (Wildman–Crippen MR) is 73.3 cm³/mol. The van der Waals surface area contributed by atoms with Crippen molar-refractivity contribution in [3.05, 3.63) is 24.9 Å². The molecule has 106 valence electrons. The number of rotatable bonds is 6. The molecule has 2 unspecified atom stereocenters. The monoisotopic (exact) mass is 266 g/mol. The third-order valence-electron chi connectivity index (χ3n) is 3.48. The lowest BCUT2D eigenvalue weighted by Gasteiger charge is -2.42. The van der Waals surface area contributed by atoms with Gasteiger partial charge in [-0.15, -0.1) is 0 Å². The van der Waals surface area contributed by atoms with Crippen molar-refractivity contribution >= 4 is 12.3 Å². The number of nitrogens with zero attached hydrogens (tertiary/aromatic N) is 2. The van der Waals surface area contributed by atoms with E-state index in [1.54, 1.807) is 32.1 Å². The molecular weight excluding hydrogens is 244 g/mol. The van der Waals surface area contributed by atoms with Gasteiger partial charge < -0.3 is 9.64 Å². The summed E-state index contributed by atoms with van der Waals surface area (Å²) in [5.41, 5.74) is -1.03. The number of aldehydes is 1. The van der Waals surface area contributed by atoms with Crippen molar-refractivity contribution in [3.63, 3.8) is 0 Å². The number of likely N-dealkylation sites (tertiary alicyclic amines) is 1. The molecule has 0 aliphatic carbocycles. The molecule has 0 spiro atoms. The molecule has 1 fully saturated rings. The van der Waals surface area contributed by atoms with Gasteiger partial charge in [0, 0.05) is 12.1 Å². The van der Waals surface area contributed by atoms with Crippen molar-refractivity contribution in [2.45, 2.75) is 31.5 Å². The summed E-state index contributed by atoms with van der Waals surface area (Å²) in [5, 5.41) is 0. The number of hydrogen-bond donors (Lipinski definition) is 0. The SMILES string of the molecule is C=CN1CCCC1C(C=O)(OC(=O)C(=C)C)N(C)C. The molecule has 0 bridgehead atoms. The van der Waals surface area contributed by atoms with Crippen LogP contribution in [0.2, 0.25) is 0 Å². The second-order valence-electron chi connectivity index (χ2n) is 5.01. The molecule has 0 saturated carbocycles. The first-order valence-corrected chi connectivity index (χ1v) is 6.30. The summed E-state index contributed by atoms with van der Waals surface area (Å²) in [6, 6.07) is -0.221. The number of likely N-dealkylation sites (N-methyl/N-ethyl adjacent to an activating group) is 1. The lowest BCUT2D eigenvalue weighted by molar-refractivity contribution is -0.186. The predicted octanol–water partition coefficient (Wildman–Crippen LogP) is 1.17. The minimum absolute atomic E-state index is 0.221. The van der Waals surface area contributed by atoms with E-state index in [1.165, 1.54) is 0 Å². The van der Waals surface area contributed by atoms with Crippen molar-refractivity contribution in [1.82, 2.24) is 9.80 Å². The molecule has 0 radical (unpaired) electrons. The molecule has 0 aromatic carbocycles. The standard InChI is InChI=1S/C14H22N2O3/c1-6-16-9-7-8-12(16)14(10-17,15(4)5)19-13(18)11(2)3/h6,10,12H,1-2,7-9H2,3-5H3. The quantitative estimate of drug-likeness (QED) is 0.313. The Morgan fingerprint density at radius 1 is 1.53 bits per heavy atom. The smallest absolute Gasteiger partial charge is 0.335 e. The first kappa shape index (κ1) is 15.4. The van der Waals surface area contributed by atoms with Crippen LogP contribution in [0.15, 0.2) is 24.9 Å². The third-order valence-corrected chi connectivity index (χ3v) is 3.48. The van der Waals surface area contributed by atoms with E-state index in [-0.39, 0.29) is 11.6 Å². The van der Waals surface area contributed by atoms with Crippen LogP contribution in [-0.2, 0) is 14.3 Å². The molecule has 5 heteroatoms. The number of esters is 1. The molecule has 2 atom stereocenters. The lowest BCUT2D eigenvalue weighted by atomic mass is 10.0. The van der Waals surface area contributed by atoms with Crippen LogP contribution in [0.25, 0.3) is 0 Å². The number of ether oxygens (including phenoxy) is 1. The Hall–Kier alpha value is -1.62. The van der Waals surface area contributed by atoms with E-state index in [0.29, 0.717) is 6.29 Å². The maximum atomic E-state index is 11.8. The van der Waals surface area contributed by atoms with Gasteiger partial charge >= 0.3 is 5.97 Å². The number of hydrogen-bond acceptors (Lipinski definition) is 5. The Balaban J connectivity index is 3.11. The molecule has 5 nitrogen and oxygen atoms in total. The Bertz CT molecular complexity index is 392. The highest BCUT2D eigenvalue weighted by Gasteiger charge is 2.49. The van der Waals surface area contributed by atoms with E-state index in [9.17, 15) is 9.59 Å². The Morgan fingerprint density at radius 2 is 2.16 bits per heavy atom. The van der Waals surface area contributed by atoms with Crippen molar-refractivity contribution in [3.8, 4) is 0 Å². The van der Waals surface area contributed by atoms with Crippen molar-refractivity contribution in [1.29, 1.82) is 0 Å². The zero-order valence-corrected chi connectivity index (χ0v) is 11.9. The summed E-state index contributed by atoms with van der Waals surface area (Å²) in [4.78, 5) is 27.1. The van der Waals surface area contributed by atoms with Crippen molar-refractivity contribution in [2.75, 3.05) is 20.6 Å². The molecule has 0 N–H and O–H groups in total. The van der Waals surface area contributed by atoms with Crippen LogP contribution >= 0.6 is 0 Å². The Kier molecular flexibility index (Phi) is 4.89. The van der Waals surface area contributed by atoms with Crippen LogP contribution in [0, 0.1) is 0 Å². The van der Waals surface area contributed by atoms with Crippen LogP contribution in [0.1, 0.15) is 19.8 Å². The van der Waals surface area contributed by atoms with Crippen LogP contribution in [0.4, 0.5) is 0 Å². The van der Waals surface area contributed by atoms with Crippen molar-refractivity contribution in [2.24, 2.45) is 0 Å². The van der Waals surface area contributed by atoms with E-state index in [0.717, 1.165) is 19.4 Å². The maximum Gasteiger partial charge on any atom is 0.335 e. The molecule has 0 aromatic heterocycles. The van der Waals surface area contributed by atoms with Gasteiger partial charge in [-0.2, -0.15) is 0 Å². The third kappa shape index (κ3) is 2.87. The fourth-order valence-electron chi connectivity index (χ4n) is 2.35. The fraction of sp³-hybridized carbons (Fsp3) is 0.571. The summed E-state index contributed by atoms with van der Waals surface area (Å²) >= 11 is 0. The van der Waals surface area contributed by atoms with E-state index in [1.807, 2.05) is 4.90 Å². The topological polar surface area (TPSA) is 49.9 Å².